The van der Waals surface area contributed by atoms with Crippen LogP contribution >= 0.6 is 0 Å². The van der Waals surface area contributed by atoms with Crippen LogP contribution in [0.1, 0.15) is 47.3 Å². The van der Waals surface area contributed by atoms with Gasteiger partial charge in [0.05, 0.1) is 0 Å². The SMILES string of the molecule is CCN(CC)C(=O)c1cccc(C(=O)N2c3ccccc3CC2C)n1. The topological polar surface area (TPSA) is 53.5 Å². The largest absolute Gasteiger partial charge is 0.338 e. The van der Waals surface area contributed by atoms with Gasteiger partial charge in [0, 0.05) is 24.8 Å². The van der Waals surface area contributed by atoms with Crippen molar-refractivity contribution in [2.24, 2.45) is 0 Å². The first-order valence-electron chi connectivity index (χ1n) is 8.74. The fraction of sp³-hybridized carbons (Fsp3) is 0.350. The standard InChI is InChI=1S/C20H23N3O2/c1-4-22(5-2)19(24)16-10-8-11-17(21-16)20(25)23-14(3)13-15-9-6-7-12-18(15)23/h6-12,14H,4-5,13H2,1-3H3. The first kappa shape index (κ1) is 17.1. The van der Waals surface area contributed by atoms with E-state index in [1.165, 1.54) is 5.56 Å². The number of rotatable bonds is 4. The molecule has 0 fully saturated rings. The number of carbonyl (C=O) groups is 2. The molecule has 0 saturated carbocycles. The molecule has 0 bridgehead atoms. The van der Waals surface area contributed by atoms with Gasteiger partial charge in [0.1, 0.15) is 11.4 Å². The summed E-state index contributed by atoms with van der Waals surface area (Å²) >= 11 is 0. The van der Waals surface area contributed by atoms with Crippen LogP contribution in [0.3, 0.4) is 0 Å². The molecule has 1 aromatic heterocycles. The second-order valence-electron chi connectivity index (χ2n) is 6.24. The van der Waals surface area contributed by atoms with Crippen molar-refractivity contribution in [3.8, 4) is 0 Å². The van der Waals surface area contributed by atoms with E-state index in [-0.39, 0.29) is 17.9 Å². The van der Waals surface area contributed by atoms with Crippen molar-refractivity contribution in [2.75, 3.05) is 18.0 Å². The monoisotopic (exact) mass is 337 g/mol. The fourth-order valence-electron chi connectivity index (χ4n) is 3.34. The quantitative estimate of drug-likeness (QED) is 0.861. The van der Waals surface area contributed by atoms with Gasteiger partial charge in [-0.3, -0.25) is 9.59 Å². The third-order valence-electron chi connectivity index (χ3n) is 4.66. The van der Waals surface area contributed by atoms with Gasteiger partial charge < -0.3 is 9.80 Å². The van der Waals surface area contributed by atoms with E-state index in [1.54, 1.807) is 28.0 Å². The van der Waals surface area contributed by atoms with Gasteiger partial charge in [0.2, 0.25) is 0 Å². The molecule has 5 nitrogen and oxygen atoms in total. The third kappa shape index (κ3) is 3.14. The third-order valence-corrected chi connectivity index (χ3v) is 4.66. The van der Waals surface area contributed by atoms with E-state index in [0.29, 0.717) is 24.5 Å². The summed E-state index contributed by atoms with van der Waals surface area (Å²) in [5.41, 5.74) is 2.72. The highest BCUT2D eigenvalue weighted by atomic mass is 16.2. The second-order valence-corrected chi connectivity index (χ2v) is 6.24. The Morgan fingerprint density at radius 3 is 2.48 bits per heavy atom. The number of hydrogen-bond acceptors (Lipinski definition) is 3. The van der Waals surface area contributed by atoms with E-state index in [2.05, 4.69) is 4.98 Å². The number of aromatic nitrogens is 1. The molecule has 1 atom stereocenters. The number of anilines is 1. The van der Waals surface area contributed by atoms with Crippen LogP contribution in [0.15, 0.2) is 42.5 Å². The molecule has 3 rings (SSSR count). The Balaban J connectivity index is 1.91. The zero-order valence-electron chi connectivity index (χ0n) is 14.9. The van der Waals surface area contributed by atoms with E-state index in [1.807, 2.05) is 45.0 Å². The van der Waals surface area contributed by atoms with Crippen molar-refractivity contribution >= 4 is 17.5 Å². The van der Waals surface area contributed by atoms with Gasteiger partial charge in [0.25, 0.3) is 11.8 Å². The van der Waals surface area contributed by atoms with Crippen LogP contribution in [0.2, 0.25) is 0 Å². The lowest BCUT2D eigenvalue weighted by Crippen LogP contribution is -2.37. The lowest BCUT2D eigenvalue weighted by molar-refractivity contribution is 0.0767. The molecule has 0 spiro atoms. The molecule has 2 amide bonds. The minimum atomic E-state index is -0.161. The molecule has 0 saturated heterocycles. The molecule has 130 valence electrons. The number of nitrogens with zero attached hydrogens (tertiary/aromatic N) is 3. The van der Waals surface area contributed by atoms with Gasteiger partial charge in [-0.2, -0.15) is 0 Å². The Kier molecular flexibility index (Phi) is 4.83. The number of benzene rings is 1. The van der Waals surface area contributed by atoms with Crippen molar-refractivity contribution in [1.82, 2.24) is 9.88 Å². The molecule has 1 aliphatic rings. The number of amides is 2. The maximum atomic E-state index is 13.0. The Morgan fingerprint density at radius 2 is 1.76 bits per heavy atom. The molecule has 1 aromatic carbocycles. The van der Waals surface area contributed by atoms with Gasteiger partial charge in [0.15, 0.2) is 0 Å². The average Bonchev–Trinajstić information content (AvgIpc) is 2.97. The van der Waals surface area contributed by atoms with Crippen molar-refractivity contribution in [1.29, 1.82) is 0 Å². The minimum absolute atomic E-state index is 0.0776. The predicted octanol–water partition coefficient (Wildman–Crippen LogP) is 3.16. The Labute approximate surface area is 148 Å². The van der Waals surface area contributed by atoms with Crippen LogP contribution in [0, 0.1) is 0 Å². The molecular weight excluding hydrogens is 314 g/mol. The summed E-state index contributed by atoms with van der Waals surface area (Å²) in [6.45, 7) is 7.12. The van der Waals surface area contributed by atoms with Crippen LogP contribution in [0.5, 0.6) is 0 Å². The number of para-hydroxylation sites is 1. The summed E-state index contributed by atoms with van der Waals surface area (Å²) in [4.78, 5) is 33.4. The second kappa shape index (κ2) is 7.05. The Morgan fingerprint density at radius 1 is 1.08 bits per heavy atom. The molecule has 0 radical (unpaired) electrons. The smallest absolute Gasteiger partial charge is 0.277 e. The highest BCUT2D eigenvalue weighted by Crippen LogP contribution is 2.32. The lowest BCUT2D eigenvalue weighted by atomic mass is 10.1. The van der Waals surface area contributed by atoms with Gasteiger partial charge in [-0.15, -0.1) is 0 Å². The highest BCUT2D eigenvalue weighted by molar-refractivity contribution is 6.07. The van der Waals surface area contributed by atoms with Crippen molar-refractivity contribution in [3.05, 3.63) is 59.4 Å². The van der Waals surface area contributed by atoms with Crippen molar-refractivity contribution in [3.63, 3.8) is 0 Å². The number of carbonyl (C=O) groups excluding carboxylic acids is 2. The molecule has 0 aliphatic carbocycles. The molecule has 25 heavy (non-hydrogen) atoms. The molecule has 5 heteroatoms. The summed E-state index contributed by atoms with van der Waals surface area (Å²) < 4.78 is 0. The maximum Gasteiger partial charge on any atom is 0.277 e. The summed E-state index contributed by atoms with van der Waals surface area (Å²) in [6.07, 6.45) is 0.833. The zero-order chi connectivity index (χ0) is 18.0. The summed E-state index contributed by atoms with van der Waals surface area (Å²) in [6, 6.07) is 13.1. The van der Waals surface area contributed by atoms with E-state index < -0.39 is 0 Å². The molecule has 2 heterocycles. The number of hydrogen-bond donors (Lipinski definition) is 0. The first-order chi connectivity index (χ1) is 12.1. The normalized spacial score (nSPS) is 15.8. The Bertz CT molecular complexity index is 799. The predicted molar refractivity (Wildman–Crippen MR) is 97.9 cm³/mol. The van der Waals surface area contributed by atoms with Crippen molar-refractivity contribution < 1.29 is 9.59 Å². The van der Waals surface area contributed by atoms with E-state index in [4.69, 9.17) is 0 Å². The summed E-state index contributed by atoms with van der Waals surface area (Å²) in [5.74, 6) is -0.304. The average molecular weight is 337 g/mol. The van der Waals surface area contributed by atoms with Crippen LogP contribution < -0.4 is 4.90 Å². The minimum Gasteiger partial charge on any atom is -0.338 e. The fourth-order valence-corrected chi connectivity index (χ4v) is 3.34. The van der Waals surface area contributed by atoms with Gasteiger partial charge in [-0.25, -0.2) is 4.98 Å². The van der Waals surface area contributed by atoms with E-state index in [0.717, 1.165) is 12.1 Å². The zero-order valence-corrected chi connectivity index (χ0v) is 14.9. The molecule has 2 aromatic rings. The van der Waals surface area contributed by atoms with Crippen molar-refractivity contribution in [2.45, 2.75) is 33.2 Å². The highest BCUT2D eigenvalue weighted by Gasteiger charge is 2.32. The summed E-state index contributed by atoms with van der Waals surface area (Å²) in [5, 5.41) is 0. The molecule has 1 unspecified atom stereocenters. The molecule has 0 N–H and O–H groups in total. The Hall–Kier alpha value is -2.69. The van der Waals surface area contributed by atoms with E-state index in [9.17, 15) is 9.59 Å². The van der Waals surface area contributed by atoms with Crippen LogP contribution in [-0.2, 0) is 6.42 Å². The van der Waals surface area contributed by atoms with Crippen LogP contribution in [-0.4, -0.2) is 40.8 Å². The van der Waals surface area contributed by atoms with Gasteiger partial charge in [-0.1, -0.05) is 24.3 Å². The van der Waals surface area contributed by atoms with Crippen LogP contribution in [0.4, 0.5) is 5.69 Å². The van der Waals surface area contributed by atoms with E-state index >= 15 is 0 Å². The molecule has 1 aliphatic heterocycles. The molecular formula is C20H23N3O2. The van der Waals surface area contributed by atoms with Crippen LogP contribution in [0.25, 0.3) is 0 Å². The maximum absolute atomic E-state index is 13.0. The lowest BCUT2D eigenvalue weighted by Gasteiger charge is -2.23. The van der Waals surface area contributed by atoms with Gasteiger partial charge in [-0.05, 0) is 51.0 Å². The number of pyridine rings is 1. The number of fused-ring (bicyclic) bond motifs is 1. The van der Waals surface area contributed by atoms with Gasteiger partial charge >= 0.3 is 0 Å². The first-order valence-corrected chi connectivity index (χ1v) is 8.74. The summed E-state index contributed by atoms with van der Waals surface area (Å²) in [7, 11) is 0.